The SMILES string of the molecule is C=CCn1c(=S)[nH]c2cc(C(=O)NC(C)CCc3ccccc3)ccc2c1=O. The normalized spacial score (nSPS) is 11.9. The van der Waals surface area contributed by atoms with Gasteiger partial charge in [-0.2, -0.15) is 0 Å². The van der Waals surface area contributed by atoms with Gasteiger partial charge in [0.05, 0.1) is 10.9 Å². The average molecular weight is 394 g/mol. The van der Waals surface area contributed by atoms with Gasteiger partial charge in [-0.3, -0.25) is 14.2 Å². The molecule has 1 atom stereocenters. The molecule has 0 radical (unpaired) electrons. The van der Waals surface area contributed by atoms with Gasteiger partial charge >= 0.3 is 0 Å². The number of carbonyl (C=O) groups excluding carboxylic acids is 1. The van der Waals surface area contributed by atoms with Gasteiger partial charge in [0.15, 0.2) is 4.77 Å². The monoisotopic (exact) mass is 393 g/mol. The highest BCUT2D eigenvalue weighted by atomic mass is 32.1. The molecular formula is C22H23N3O2S. The van der Waals surface area contributed by atoms with E-state index in [0.29, 0.717) is 27.8 Å². The second kappa shape index (κ2) is 8.80. The highest BCUT2D eigenvalue weighted by Gasteiger charge is 2.12. The van der Waals surface area contributed by atoms with Gasteiger partial charge in [0, 0.05) is 18.2 Å². The second-order valence-electron chi connectivity index (χ2n) is 6.79. The number of fused-ring (bicyclic) bond motifs is 1. The molecule has 3 aromatic rings. The number of aromatic nitrogens is 2. The largest absolute Gasteiger partial charge is 0.350 e. The zero-order valence-corrected chi connectivity index (χ0v) is 16.6. The highest BCUT2D eigenvalue weighted by Crippen LogP contribution is 2.12. The van der Waals surface area contributed by atoms with E-state index in [1.54, 1.807) is 24.3 Å². The second-order valence-corrected chi connectivity index (χ2v) is 7.18. The molecule has 1 heterocycles. The van der Waals surface area contributed by atoms with E-state index in [1.807, 2.05) is 25.1 Å². The molecule has 0 saturated heterocycles. The van der Waals surface area contributed by atoms with Crippen LogP contribution in [0, 0.1) is 4.77 Å². The number of aryl methyl sites for hydroxylation is 1. The summed E-state index contributed by atoms with van der Waals surface area (Å²) in [5.41, 5.74) is 2.10. The van der Waals surface area contributed by atoms with Gasteiger partial charge in [0.1, 0.15) is 0 Å². The molecule has 1 unspecified atom stereocenters. The third kappa shape index (κ3) is 4.46. The Morgan fingerprint density at radius 1 is 1.29 bits per heavy atom. The molecule has 0 aliphatic rings. The van der Waals surface area contributed by atoms with Crippen molar-refractivity contribution >= 4 is 29.0 Å². The number of benzene rings is 2. The fourth-order valence-corrected chi connectivity index (χ4v) is 3.37. The Labute approximate surface area is 168 Å². The van der Waals surface area contributed by atoms with Crippen LogP contribution in [0.15, 0.2) is 66.0 Å². The van der Waals surface area contributed by atoms with Crippen molar-refractivity contribution in [3.8, 4) is 0 Å². The van der Waals surface area contributed by atoms with Gasteiger partial charge in [0.2, 0.25) is 0 Å². The average Bonchev–Trinajstić information content (AvgIpc) is 2.70. The fraction of sp³-hybridized carbons (Fsp3) is 0.227. The van der Waals surface area contributed by atoms with Crippen LogP contribution in [-0.4, -0.2) is 21.5 Å². The molecule has 6 heteroatoms. The molecule has 0 fully saturated rings. The van der Waals surface area contributed by atoms with Crippen LogP contribution in [-0.2, 0) is 13.0 Å². The number of aromatic amines is 1. The van der Waals surface area contributed by atoms with Gasteiger partial charge in [-0.15, -0.1) is 6.58 Å². The lowest BCUT2D eigenvalue weighted by molar-refractivity contribution is 0.0938. The van der Waals surface area contributed by atoms with Crippen molar-refractivity contribution in [3.05, 3.63) is 87.4 Å². The maximum Gasteiger partial charge on any atom is 0.262 e. The van der Waals surface area contributed by atoms with Crippen LogP contribution < -0.4 is 10.9 Å². The molecule has 0 aliphatic carbocycles. The topological polar surface area (TPSA) is 66.9 Å². The first kappa shape index (κ1) is 19.8. The molecule has 28 heavy (non-hydrogen) atoms. The fourth-order valence-electron chi connectivity index (χ4n) is 3.10. The lowest BCUT2D eigenvalue weighted by atomic mass is 10.1. The van der Waals surface area contributed by atoms with Crippen LogP contribution in [0.5, 0.6) is 0 Å². The lowest BCUT2D eigenvalue weighted by Crippen LogP contribution is -2.33. The molecule has 2 N–H and O–H groups in total. The molecule has 3 rings (SSSR count). The molecule has 0 bridgehead atoms. The first-order valence-corrected chi connectivity index (χ1v) is 9.63. The molecule has 1 aromatic heterocycles. The first-order valence-electron chi connectivity index (χ1n) is 9.22. The van der Waals surface area contributed by atoms with E-state index in [2.05, 4.69) is 29.0 Å². The summed E-state index contributed by atoms with van der Waals surface area (Å²) in [6, 6.07) is 15.2. The van der Waals surface area contributed by atoms with Crippen molar-refractivity contribution in [1.82, 2.24) is 14.9 Å². The van der Waals surface area contributed by atoms with E-state index >= 15 is 0 Å². The van der Waals surface area contributed by atoms with Crippen LogP contribution in [0.1, 0.15) is 29.3 Å². The van der Waals surface area contributed by atoms with E-state index in [1.165, 1.54) is 10.1 Å². The maximum absolute atomic E-state index is 12.6. The number of H-pyrrole nitrogens is 1. The van der Waals surface area contributed by atoms with Crippen LogP contribution in [0.2, 0.25) is 0 Å². The summed E-state index contributed by atoms with van der Waals surface area (Å²) in [6.45, 7) is 5.97. The van der Waals surface area contributed by atoms with Crippen molar-refractivity contribution in [2.45, 2.75) is 32.4 Å². The smallest absolute Gasteiger partial charge is 0.262 e. The van der Waals surface area contributed by atoms with Gasteiger partial charge in [0.25, 0.3) is 11.5 Å². The third-order valence-corrected chi connectivity index (χ3v) is 4.96. The number of nitrogens with one attached hydrogen (secondary N) is 2. The molecule has 0 spiro atoms. The Bertz CT molecular complexity index is 1120. The van der Waals surface area contributed by atoms with Crippen molar-refractivity contribution in [3.63, 3.8) is 0 Å². The predicted molar refractivity (Wildman–Crippen MR) is 115 cm³/mol. The minimum absolute atomic E-state index is 0.0301. The van der Waals surface area contributed by atoms with Crippen molar-refractivity contribution in [1.29, 1.82) is 0 Å². The first-order chi connectivity index (χ1) is 13.5. The van der Waals surface area contributed by atoms with Crippen LogP contribution in [0.4, 0.5) is 0 Å². The number of amides is 1. The molecule has 0 aliphatic heterocycles. The minimum atomic E-state index is -0.193. The standard InChI is InChI=1S/C22H23N3O2S/c1-3-13-25-21(27)18-12-11-17(14-19(18)24-22(25)28)20(26)23-15(2)9-10-16-7-5-4-6-8-16/h3-8,11-12,14-15H,1,9-10,13H2,2H3,(H,23,26)(H,24,28). The summed E-state index contributed by atoms with van der Waals surface area (Å²) in [4.78, 5) is 28.2. The predicted octanol–water partition coefficient (Wildman–Crippen LogP) is 4.00. The number of hydrogen-bond acceptors (Lipinski definition) is 3. The Kier molecular flexibility index (Phi) is 6.21. The third-order valence-electron chi connectivity index (χ3n) is 4.64. The van der Waals surface area contributed by atoms with Crippen molar-refractivity contribution in [2.75, 3.05) is 0 Å². The summed E-state index contributed by atoms with van der Waals surface area (Å²) < 4.78 is 1.75. The van der Waals surface area contributed by atoms with Gasteiger partial charge in [-0.25, -0.2) is 0 Å². The van der Waals surface area contributed by atoms with E-state index < -0.39 is 0 Å². The molecule has 0 saturated carbocycles. The zero-order valence-electron chi connectivity index (χ0n) is 15.8. The molecule has 144 valence electrons. The van der Waals surface area contributed by atoms with Gasteiger partial charge < -0.3 is 10.3 Å². The number of allylic oxidation sites excluding steroid dienone is 1. The van der Waals surface area contributed by atoms with Crippen LogP contribution in [0.3, 0.4) is 0 Å². The highest BCUT2D eigenvalue weighted by molar-refractivity contribution is 7.71. The van der Waals surface area contributed by atoms with Crippen molar-refractivity contribution in [2.24, 2.45) is 0 Å². The molecule has 5 nitrogen and oxygen atoms in total. The van der Waals surface area contributed by atoms with Gasteiger partial charge in [-0.05, 0) is 55.7 Å². The van der Waals surface area contributed by atoms with E-state index in [4.69, 9.17) is 12.2 Å². The van der Waals surface area contributed by atoms with Crippen molar-refractivity contribution < 1.29 is 4.79 Å². The number of nitrogens with zero attached hydrogens (tertiary/aromatic N) is 1. The summed E-state index contributed by atoms with van der Waals surface area (Å²) in [6.07, 6.45) is 3.36. The van der Waals surface area contributed by atoms with Gasteiger partial charge in [-0.1, -0.05) is 36.4 Å². The Morgan fingerprint density at radius 2 is 2.04 bits per heavy atom. The summed E-state index contributed by atoms with van der Waals surface area (Å²) >= 11 is 5.25. The lowest BCUT2D eigenvalue weighted by Gasteiger charge is -2.14. The number of rotatable bonds is 7. The van der Waals surface area contributed by atoms with Crippen LogP contribution >= 0.6 is 12.2 Å². The van der Waals surface area contributed by atoms with E-state index in [0.717, 1.165) is 12.8 Å². The number of carbonyl (C=O) groups is 1. The Hall–Kier alpha value is -2.99. The molecule has 2 aromatic carbocycles. The zero-order chi connectivity index (χ0) is 20.1. The maximum atomic E-state index is 12.6. The minimum Gasteiger partial charge on any atom is -0.350 e. The summed E-state index contributed by atoms with van der Waals surface area (Å²) in [5.74, 6) is -0.169. The summed E-state index contributed by atoms with van der Waals surface area (Å²) in [5, 5.41) is 3.51. The van der Waals surface area contributed by atoms with E-state index in [-0.39, 0.29) is 17.5 Å². The van der Waals surface area contributed by atoms with Crippen LogP contribution in [0.25, 0.3) is 10.9 Å². The molecular weight excluding hydrogens is 370 g/mol. The molecule has 1 amide bonds. The van der Waals surface area contributed by atoms with E-state index in [9.17, 15) is 9.59 Å². The Morgan fingerprint density at radius 3 is 2.75 bits per heavy atom. The Balaban J connectivity index is 1.74. The number of hydrogen-bond donors (Lipinski definition) is 2. The summed E-state index contributed by atoms with van der Waals surface area (Å²) in [7, 11) is 0. The quantitative estimate of drug-likeness (QED) is 0.471.